The number of hydrogen-bond donors (Lipinski definition) is 0. The minimum Gasteiger partial charge on any atom is -0.0651 e. The molecule has 3 fully saturated rings. The predicted molar refractivity (Wildman–Crippen MR) is 452 cm³/mol. The highest BCUT2D eigenvalue weighted by molar-refractivity contribution is 4.91. The minimum absolute atomic E-state index is 0.375. The van der Waals surface area contributed by atoms with Gasteiger partial charge in [-0.1, -0.05) is 482 Å². The summed E-state index contributed by atoms with van der Waals surface area (Å²) in [5, 5.41) is 0. The highest BCUT2D eigenvalue weighted by Gasteiger charge is 2.42. The first-order chi connectivity index (χ1) is 41.5. The topological polar surface area (TPSA) is 0 Å². The first kappa shape index (κ1) is 113. The molecule has 0 heteroatoms. The molecule has 0 aromatic carbocycles. The molecule has 0 unspecified atom stereocenters. The van der Waals surface area contributed by atoms with Crippen molar-refractivity contribution < 1.29 is 0 Å². The molecule has 0 atom stereocenters. The highest BCUT2D eigenvalue weighted by Crippen LogP contribution is 2.50. The minimum atomic E-state index is 0.375. The Kier molecular flexibility index (Phi) is 64.4. The third-order valence-electron chi connectivity index (χ3n) is 26.4. The molecule has 0 bridgehead atoms. The third kappa shape index (κ3) is 67.8. The zero-order valence-electron chi connectivity index (χ0n) is 77.8. The van der Waals surface area contributed by atoms with Crippen molar-refractivity contribution >= 4 is 0 Å². The van der Waals surface area contributed by atoms with Gasteiger partial charge in [0.15, 0.2) is 0 Å². The van der Waals surface area contributed by atoms with Gasteiger partial charge < -0.3 is 0 Å². The molecule has 0 N–H and O–H groups in total. The Morgan fingerprint density at radius 1 is 0.330 bits per heavy atom. The summed E-state index contributed by atoms with van der Waals surface area (Å²) in [5.74, 6) is 8.05. The Morgan fingerprint density at radius 2 is 0.596 bits per heavy atom. The van der Waals surface area contributed by atoms with Crippen LogP contribution < -0.4 is 0 Å². The first-order valence-corrected chi connectivity index (χ1v) is 41.5. The maximum absolute atomic E-state index is 2.36. The summed E-state index contributed by atoms with van der Waals surface area (Å²) in [7, 11) is 0. The van der Waals surface area contributed by atoms with Crippen LogP contribution in [0.25, 0.3) is 0 Å². The quantitative estimate of drug-likeness (QED) is 0.183. The van der Waals surface area contributed by atoms with Gasteiger partial charge in [-0.2, -0.15) is 0 Å². The summed E-state index contributed by atoms with van der Waals surface area (Å²) >= 11 is 0. The van der Waals surface area contributed by atoms with Gasteiger partial charge in [0.2, 0.25) is 0 Å². The Labute approximate surface area is 609 Å². The van der Waals surface area contributed by atoms with E-state index in [0.29, 0.717) is 65.0 Å². The average Bonchev–Trinajstić information content (AvgIpc) is 0.933. The monoisotopic (exact) mass is 1340 g/mol. The van der Waals surface area contributed by atoms with E-state index >= 15 is 0 Å². The van der Waals surface area contributed by atoms with Crippen LogP contribution in [-0.2, 0) is 0 Å². The molecule has 3 aliphatic carbocycles. The molecular weight excluding hydrogens is 1130 g/mol. The van der Waals surface area contributed by atoms with Crippen molar-refractivity contribution in [2.75, 3.05) is 0 Å². The van der Waals surface area contributed by atoms with Crippen molar-refractivity contribution in [2.24, 2.45) is 118 Å². The maximum atomic E-state index is 2.36. The molecule has 0 aliphatic heterocycles. The van der Waals surface area contributed by atoms with Crippen LogP contribution in [0.4, 0.5) is 0 Å². The van der Waals surface area contributed by atoms with Crippen LogP contribution in [0.3, 0.4) is 0 Å². The molecule has 0 heterocycles. The second kappa shape index (κ2) is 53.8. The second-order valence-electron chi connectivity index (χ2n) is 43.0. The summed E-state index contributed by atoms with van der Waals surface area (Å²) in [4.78, 5) is 0. The lowest BCUT2D eigenvalue weighted by Gasteiger charge is -2.49. The van der Waals surface area contributed by atoms with Gasteiger partial charge in [0.05, 0.1) is 0 Å². The number of rotatable bonds is 12. The zero-order valence-corrected chi connectivity index (χ0v) is 77.8. The number of hydrogen-bond acceptors (Lipinski definition) is 0. The molecule has 0 amide bonds. The van der Waals surface area contributed by atoms with Gasteiger partial charge in [0.1, 0.15) is 0 Å². The van der Waals surface area contributed by atoms with Gasteiger partial charge in [0, 0.05) is 0 Å². The summed E-state index contributed by atoms with van der Waals surface area (Å²) < 4.78 is 0. The summed E-state index contributed by atoms with van der Waals surface area (Å²) in [6, 6.07) is 0. The van der Waals surface area contributed by atoms with Crippen LogP contribution in [-0.4, -0.2) is 0 Å². The fourth-order valence-electron chi connectivity index (χ4n) is 9.03. The predicted octanol–water partition coefficient (Wildman–Crippen LogP) is 35.9. The maximum Gasteiger partial charge on any atom is -0.0257 e. The van der Waals surface area contributed by atoms with Gasteiger partial charge in [-0.05, 0) is 131 Å². The summed E-state index contributed by atoms with van der Waals surface area (Å²) in [6.45, 7) is 117. The summed E-state index contributed by atoms with van der Waals surface area (Å²) in [5.41, 5.74) is 5.80. The molecule has 582 valence electrons. The lowest BCUT2D eigenvalue weighted by molar-refractivity contribution is 0.00575. The van der Waals surface area contributed by atoms with E-state index < -0.39 is 0 Å². The largest absolute Gasteiger partial charge is 0.0651 e. The van der Waals surface area contributed by atoms with Gasteiger partial charge in [0.25, 0.3) is 0 Å². The van der Waals surface area contributed by atoms with Crippen molar-refractivity contribution in [3.05, 3.63) is 0 Å². The molecule has 0 aromatic rings. The van der Waals surface area contributed by atoms with E-state index in [4.69, 9.17) is 0 Å². The molecule has 3 rings (SSSR count). The molecular formula is C94H206. The smallest absolute Gasteiger partial charge is 0.0257 e. The lowest BCUT2D eigenvalue weighted by Crippen LogP contribution is -2.41. The van der Waals surface area contributed by atoms with E-state index in [1.807, 2.05) is 0 Å². The van der Waals surface area contributed by atoms with Crippen LogP contribution in [0.15, 0.2) is 0 Å². The Morgan fingerprint density at radius 3 is 0.649 bits per heavy atom. The van der Waals surface area contributed by atoms with E-state index in [1.54, 1.807) is 0 Å². The van der Waals surface area contributed by atoms with Crippen molar-refractivity contribution in [1.29, 1.82) is 0 Å². The van der Waals surface area contributed by atoms with E-state index in [2.05, 4.69) is 353 Å². The van der Waals surface area contributed by atoms with E-state index in [9.17, 15) is 0 Å². The van der Waals surface area contributed by atoms with E-state index in [-0.39, 0.29) is 0 Å². The molecule has 94 heavy (non-hydrogen) atoms. The normalized spacial score (nSPS) is 15.9. The Bertz CT molecular complexity index is 1460. The Hall–Kier alpha value is 0. The fourth-order valence-corrected chi connectivity index (χ4v) is 9.03. The third-order valence-corrected chi connectivity index (χ3v) is 26.4. The van der Waals surface area contributed by atoms with Crippen molar-refractivity contribution in [1.82, 2.24) is 0 Å². The van der Waals surface area contributed by atoms with Crippen LogP contribution in [0.5, 0.6) is 0 Å². The zero-order chi connectivity index (χ0) is 77.8. The van der Waals surface area contributed by atoms with Crippen LogP contribution in [0.1, 0.15) is 494 Å². The van der Waals surface area contributed by atoms with Crippen LogP contribution >= 0.6 is 0 Å². The van der Waals surface area contributed by atoms with Gasteiger partial charge in [-0.25, -0.2) is 0 Å². The van der Waals surface area contributed by atoms with E-state index in [0.717, 1.165) is 53.3 Å². The van der Waals surface area contributed by atoms with Crippen molar-refractivity contribution in [3.8, 4) is 0 Å². The second-order valence-corrected chi connectivity index (χ2v) is 43.0. The van der Waals surface area contributed by atoms with Crippen LogP contribution in [0.2, 0.25) is 0 Å². The average molecular weight is 1340 g/mol. The van der Waals surface area contributed by atoms with Gasteiger partial charge >= 0.3 is 0 Å². The molecule has 3 aliphatic rings. The fraction of sp³-hybridized carbons (Fsp3) is 1.00. The summed E-state index contributed by atoms with van der Waals surface area (Å²) in [6.07, 6.45) is 31.2. The first-order valence-electron chi connectivity index (χ1n) is 41.5. The molecule has 0 saturated heterocycles. The lowest BCUT2D eigenvalue weighted by atomic mass is 9.56. The van der Waals surface area contributed by atoms with Crippen molar-refractivity contribution in [3.63, 3.8) is 0 Å². The molecule has 0 radical (unpaired) electrons. The molecule has 0 nitrogen and oxygen atoms in total. The van der Waals surface area contributed by atoms with Crippen molar-refractivity contribution in [2.45, 2.75) is 494 Å². The molecule has 0 aromatic heterocycles. The SMILES string of the molecule is CC(C(C)(C)C)C(C)(C)C.CC(C)(C)C(C)(C)C.CC(C)(C)C(C)(C)C(C)(C)C.CC(C)C(C)(C)C.CC(C)C(C)C(C)C.CC1(C)CCCC1.CC1CCCCC1.CCC(C)(C)C(C)C.CCC(C)(C)CC.CCC(C)(C)CC.CCC(CC)CC.CCC1CCCC1. The molecule has 0 spiro atoms. The van der Waals surface area contributed by atoms with Crippen LogP contribution in [0, 0.1) is 118 Å². The Balaban J connectivity index is -0.000000120. The van der Waals surface area contributed by atoms with Gasteiger partial charge in [-0.15, -0.1) is 0 Å². The highest BCUT2D eigenvalue weighted by atomic mass is 14.5. The van der Waals surface area contributed by atoms with Gasteiger partial charge in [-0.3, -0.25) is 0 Å². The molecule has 3 saturated carbocycles. The standard InChI is InChI=1S/C11H24.C10H22.3C8H18.3C7H14.4C7H16/c1-9(2,3)11(7,8)10(4,5)6;1-8(9(2,3)4)10(5,6)7;1-7(2,3)8(4,5)6;1-6-8(4,5)7(2)3;1-6(2)8(5)7(3)4;1-7(2)5-3-4-6-7;1-7-5-3-2-4-6-7;1-2-7-5-3-4-6-7;1-6(2)7(3,4)5;2*1-5-7(3,4)6-2;1-4-7(5-2)6-3/h1-8H3;8H,1-7H3;1-6H3;7H,6H2,1-5H3;6-8H,1-5H3;3-6H2,1-2H3;2*7H,2-6H2,1H3;6H,1-5H3;2*5-6H2,1-4H3;7H,4-6H2,1-3H3. The van der Waals surface area contributed by atoms with E-state index in [1.165, 1.54) is 141 Å².